The molecule has 0 unspecified atom stereocenters. The van der Waals surface area contributed by atoms with Crippen LogP contribution in [0.1, 0.15) is 24.7 Å². The first kappa shape index (κ1) is 14.3. The Morgan fingerprint density at radius 1 is 1.40 bits per heavy atom. The fourth-order valence-electron chi connectivity index (χ4n) is 1.90. The molecular formula is C14H20N4O2. The third-order valence-corrected chi connectivity index (χ3v) is 2.89. The summed E-state index contributed by atoms with van der Waals surface area (Å²) in [6.45, 7) is 4.08. The molecular weight excluding hydrogens is 256 g/mol. The highest BCUT2D eigenvalue weighted by Gasteiger charge is 2.03. The third kappa shape index (κ3) is 4.24. The zero-order valence-electron chi connectivity index (χ0n) is 11.6. The number of hydrogen-bond acceptors (Lipinski definition) is 5. The molecule has 2 rings (SSSR count). The third-order valence-electron chi connectivity index (χ3n) is 2.89. The number of benzene rings is 1. The second-order valence-corrected chi connectivity index (χ2v) is 4.45. The highest BCUT2D eigenvalue weighted by molar-refractivity contribution is 5.41. The molecule has 0 fully saturated rings. The molecule has 108 valence electrons. The summed E-state index contributed by atoms with van der Waals surface area (Å²) in [7, 11) is 0. The van der Waals surface area contributed by atoms with Gasteiger partial charge < -0.3 is 15.2 Å². The lowest BCUT2D eigenvalue weighted by Gasteiger charge is -2.09. The molecule has 6 heteroatoms. The quantitative estimate of drug-likeness (QED) is 0.638. The van der Waals surface area contributed by atoms with Crippen LogP contribution in [0.4, 0.5) is 0 Å². The minimum atomic E-state index is 0.181. The van der Waals surface area contributed by atoms with Gasteiger partial charge in [-0.25, -0.2) is 4.98 Å². The molecule has 0 radical (unpaired) electrons. The van der Waals surface area contributed by atoms with Gasteiger partial charge in [-0.2, -0.15) is 5.10 Å². The van der Waals surface area contributed by atoms with Crippen molar-refractivity contribution >= 4 is 0 Å². The Kier molecular flexibility index (Phi) is 5.37. The highest BCUT2D eigenvalue weighted by Crippen LogP contribution is 2.26. The average molecular weight is 276 g/mol. The molecule has 20 heavy (non-hydrogen) atoms. The Morgan fingerprint density at radius 2 is 2.30 bits per heavy atom. The lowest BCUT2D eigenvalue weighted by atomic mass is 10.2. The molecule has 3 N–H and O–H groups in total. The first-order chi connectivity index (χ1) is 9.79. The Hall–Kier alpha value is -2.08. The monoisotopic (exact) mass is 276 g/mol. The van der Waals surface area contributed by atoms with Crippen molar-refractivity contribution in [3.05, 3.63) is 35.9 Å². The molecule has 2 aromatic rings. The minimum absolute atomic E-state index is 0.181. The summed E-state index contributed by atoms with van der Waals surface area (Å²) in [5, 5.41) is 19.6. The van der Waals surface area contributed by atoms with Gasteiger partial charge >= 0.3 is 0 Å². The number of H-pyrrole nitrogens is 1. The number of phenols is 1. The van der Waals surface area contributed by atoms with Crippen LogP contribution in [0.3, 0.4) is 0 Å². The van der Waals surface area contributed by atoms with E-state index in [2.05, 4.69) is 20.5 Å². The van der Waals surface area contributed by atoms with Crippen LogP contribution in [-0.4, -0.2) is 33.4 Å². The Bertz CT molecular complexity index is 514. The van der Waals surface area contributed by atoms with Crippen molar-refractivity contribution in [3.8, 4) is 11.5 Å². The molecule has 0 saturated carbocycles. The molecule has 0 aliphatic carbocycles. The van der Waals surface area contributed by atoms with E-state index in [4.69, 9.17) is 4.74 Å². The van der Waals surface area contributed by atoms with Crippen LogP contribution in [0.15, 0.2) is 24.5 Å². The maximum atomic E-state index is 9.62. The van der Waals surface area contributed by atoms with Gasteiger partial charge in [-0.1, -0.05) is 6.07 Å². The molecule has 6 nitrogen and oxygen atoms in total. The number of nitrogens with one attached hydrogen (secondary N) is 2. The summed E-state index contributed by atoms with van der Waals surface area (Å²) in [5.41, 5.74) is 1.09. The van der Waals surface area contributed by atoms with Gasteiger partial charge in [-0.3, -0.25) is 5.10 Å². The van der Waals surface area contributed by atoms with E-state index in [1.807, 2.05) is 19.1 Å². The van der Waals surface area contributed by atoms with E-state index >= 15 is 0 Å². The normalized spacial score (nSPS) is 10.7. The summed E-state index contributed by atoms with van der Waals surface area (Å²) in [6, 6.07) is 5.42. The molecule has 0 atom stereocenters. The van der Waals surface area contributed by atoms with E-state index in [-0.39, 0.29) is 5.75 Å². The summed E-state index contributed by atoms with van der Waals surface area (Å²) in [5.74, 6) is 1.63. The van der Waals surface area contributed by atoms with Crippen molar-refractivity contribution in [3.63, 3.8) is 0 Å². The fraction of sp³-hybridized carbons (Fsp3) is 0.429. The molecule has 1 heterocycles. The number of phenolic OH excluding ortho intramolecular Hbond substituents is 1. The van der Waals surface area contributed by atoms with Crippen molar-refractivity contribution < 1.29 is 9.84 Å². The summed E-state index contributed by atoms with van der Waals surface area (Å²) < 4.78 is 5.36. The molecule has 0 amide bonds. The van der Waals surface area contributed by atoms with Crippen LogP contribution >= 0.6 is 0 Å². The smallest absolute Gasteiger partial charge is 0.161 e. The Morgan fingerprint density at radius 3 is 3.05 bits per heavy atom. The van der Waals surface area contributed by atoms with Crippen LogP contribution in [0.2, 0.25) is 0 Å². The predicted molar refractivity (Wildman–Crippen MR) is 75.7 cm³/mol. The molecule has 0 aliphatic rings. The van der Waals surface area contributed by atoms with Gasteiger partial charge in [-0.15, -0.1) is 0 Å². The zero-order chi connectivity index (χ0) is 14.2. The van der Waals surface area contributed by atoms with Crippen LogP contribution in [0.25, 0.3) is 0 Å². The van der Waals surface area contributed by atoms with Gasteiger partial charge in [-0.05, 0) is 37.6 Å². The molecule has 1 aromatic carbocycles. The van der Waals surface area contributed by atoms with Gasteiger partial charge in [0.25, 0.3) is 0 Å². The maximum absolute atomic E-state index is 9.62. The van der Waals surface area contributed by atoms with Crippen molar-refractivity contribution in [2.45, 2.75) is 26.3 Å². The maximum Gasteiger partial charge on any atom is 0.161 e. The molecule has 0 spiro atoms. The van der Waals surface area contributed by atoms with E-state index < -0.39 is 0 Å². The average Bonchev–Trinajstić information content (AvgIpc) is 2.95. The van der Waals surface area contributed by atoms with Crippen molar-refractivity contribution in [1.29, 1.82) is 0 Å². The van der Waals surface area contributed by atoms with Crippen LogP contribution in [-0.2, 0) is 13.0 Å². The number of aromatic nitrogens is 3. The van der Waals surface area contributed by atoms with Crippen LogP contribution < -0.4 is 10.1 Å². The van der Waals surface area contributed by atoms with Gasteiger partial charge in [0.2, 0.25) is 0 Å². The van der Waals surface area contributed by atoms with Crippen LogP contribution in [0, 0.1) is 0 Å². The van der Waals surface area contributed by atoms with E-state index in [0.29, 0.717) is 12.4 Å². The summed E-state index contributed by atoms with van der Waals surface area (Å²) in [6.07, 6.45) is 3.40. The van der Waals surface area contributed by atoms with Gasteiger partial charge in [0.05, 0.1) is 6.61 Å². The molecule has 1 aromatic heterocycles. The van der Waals surface area contributed by atoms with E-state index in [1.54, 1.807) is 6.07 Å². The van der Waals surface area contributed by atoms with Crippen molar-refractivity contribution in [1.82, 2.24) is 20.5 Å². The van der Waals surface area contributed by atoms with Gasteiger partial charge in [0, 0.05) is 13.0 Å². The minimum Gasteiger partial charge on any atom is -0.504 e. The molecule has 0 aliphatic heterocycles. The second-order valence-electron chi connectivity index (χ2n) is 4.45. The lowest BCUT2D eigenvalue weighted by molar-refractivity contribution is 0.317. The number of aromatic hydroxyl groups is 1. The number of aromatic amines is 1. The first-order valence-electron chi connectivity index (χ1n) is 6.79. The van der Waals surface area contributed by atoms with Gasteiger partial charge in [0.1, 0.15) is 12.2 Å². The molecule has 0 saturated heterocycles. The number of nitrogens with zero attached hydrogens (tertiary/aromatic N) is 2. The van der Waals surface area contributed by atoms with E-state index in [9.17, 15) is 5.11 Å². The van der Waals surface area contributed by atoms with Gasteiger partial charge in [0.15, 0.2) is 11.5 Å². The van der Waals surface area contributed by atoms with E-state index in [1.165, 1.54) is 6.33 Å². The number of rotatable bonds is 8. The predicted octanol–water partition coefficient (Wildman–Crippen LogP) is 1.63. The second kappa shape index (κ2) is 7.49. The van der Waals surface area contributed by atoms with Crippen molar-refractivity contribution in [2.75, 3.05) is 13.2 Å². The summed E-state index contributed by atoms with van der Waals surface area (Å²) in [4.78, 5) is 4.08. The van der Waals surface area contributed by atoms with E-state index in [0.717, 1.165) is 37.3 Å². The largest absolute Gasteiger partial charge is 0.504 e. The Labute approximate surface area is 118 Å². The number of hydrogen-bond donors (Lipinski definition) is 3. The topological polar surface area (TPSA) is 83.1 Å². The fourth-order valence-corrected chi connectivity index (χ4v) is 1.90. The Balaban J connectivity index is 1.72. The standard InChI is InChI=1S/C14H20N4O2/c1-2-20-13-8-11(5-6-12(13)19)9-15-7-3-4-14-16-10-17-18-14/h5-6,8,10,15,19H,2-4,7,9H2,1H3,(H,16,17,18). The molecule has 0 bridgehead atoms. The zero-order valence-corrected chi connectivity index (χ0v) is 11.6. The SMILES string of the molecule is CCOc1cc(CNCCCc2ncn[nH]2)ccc1O. The lowest BCUT2D eigenvalue weighted by Crippen LogP contribution is -2.15. The van der Waals surface area contributed by atoms with Crippen molar-refractivity contribution in [2.24, 2.45) is 0 Å². The first-order valence-corrected chi connectivity index (χ1v) is 6.79. The summed E-state index contributed by atoms with van der Waals surface area (Å²) >= 11 is 0. The highest BCUT2D eigenvalue weighted by atomic mass is 16.5. The number of ether oxygens (including phenoxy) is 1. The number of aryl methyl sites for hydroxylation is 1. The van der Waals surface area contributed by atoms with Crippen LogP contribution in [0.5, 0.6) is 11.5 Å².